The van der Waals surface area contributed by atoms with Crippen LogP contribution in [0.3, 0.4) is 0 Å². The fourth-order valence-corrected chi connectivity index (χ4v) is 4.32. The average Bonchev–Trinajstić information content (AvgIpc) is 3.68. The standard InChI is InChI=1S/C17H33NO6.C6H15N.C6H6O6.2C5H13N.CH4O.ClH/c1-5-10(3)7-8-12(19)13(20)14(21)15(22)16(23)17(24)18-9-11(4)6-2;1-4-7(5-2)6-3;7-1-3-4(12-5(1)9)2(8)6(10)11-3;2*1-3-5(2)4-6;1-2;/h10-11,13-16,20-23H,5-9H2,1-4H3,(H,18,24);4-6H2,1-3H3;1-4,7-8H;2*5H,3-4,6H2,1-2H3;2H,1H3;1H/t10?,11?,13-,14-,15+,16-;;1-,2+,3-,4-;;;;/m1.1..../s1. The van der Waals surface area contributed by atoms with Gasteiger partial charge in [-0.3, -0.25) is 9.59 Å². The summed E-state index contributed by atoms with van der Waals surface area (Å²) in [5, 5.41) is 66.9. The normalized spacial score (nSPS) is 21.6. The number of Topliss-reactive ketones (excluding diaryl/α,β-unsaturated/α-hetero) is 1. The smallest absolute Gasteiger partial charge is 0.339 e. The van der Waals surface area contributed by atoms with Crippen molar-refractivity contribution in [3.05, 3.63) is 0 Å². The van der Waals surface area contributed by atoms with E-state index in [1.54, 1.807) is 0 Å². The van der Waals surface area contributed by atoms with Gasteiger partial charge in [0.05, 0.1) is 6.54 Å². The van der Waals surface area contributed by atoms with Crippen LogP contribution in [0, 0.1) is 23.7 Å². The molecule has 1 amide bonds. The molecule has 0 radical (unpaired) electrons. The molecule has 2 aliphatic rings. The largest absolute Gasteiger partial charge is 1.00 e. The Morgan fingerprint density at radius 1 is 0.707 bits per heavy atom. The van der Waals surface area contributed by atoms with E-state index in [0.29, 0.717) is 24.8 Å². The van der Waals surface area contributed by atoms with Crippen LogP contribution in [0.5, 0.6) is 0 Å². The summed E-state index contributed by atoms with van der Waals surface area (Å²) in [7, 11) is 1.00. The highest BCUT2D eigenvalue weighted by Crippen LogP contribution is 2.28. The van der Waals surface area contributed by atoms with Gasteiger partial charge in [-0.25, -0.2) is 9.59 Å². The summed E-state index contributed by atoms with van der Waals surface area (Å²) in [4.78, 5) is 47.3. The zero-order valence-corrected chi connectivity index (χ0v) is 38.4. The molecule has 2 heterocycles. The zero-order valence-electron chi connectivity index (χ0n) is 37.6. The van der Waals surface area contributed by atoms with Crippen LogP contribution in [0.4, 0.5) is 0 Å². The van der Waals surface area contributed by atoms with Crippen LogP contribution in [-0.4, -0.2) is 159 Å². The lowest BCUT2D eigenvalue weighted by atomic mass is 9.94. The summed E-state index contributed by atoms with van der Waals surface area (Å²) in [6.45, 7) is 28.9. The van der Waals surface area contributed by atoms with E-state index in [-0.39, 0.29) is 24.7 Å². The Balaban J connectivity index is -0.000000227. The minimum atomic E-state index is -1.94. The molecular weight excluding hydrogens is 780 g/mol. The average molecular weight is 866 g/mol. The highest BCUT2D eigenvalue weighted by molar-refractivity contribution is 5.85. The third-order valence-corrected chi connectivity index (χ3v) is 10.1. The first-order valence-corrected chi connectivity index (χ1v) is 20.7. The number of ketones is 1. The second-order valence-electron chi connectivity index (χ2n) is 14.5. The van der Waals surface area contributed by atoms with Crippen LogP contribution in [-0.2, 0) is 28.7 Å². The van der Waals surface area contributed by atoms with Crippen molar-refractivity contribution in [2.75, 3.05) is 46.4 Å². The number of carbonyl (C=O) groups excluding carboxylic acids is 4. The zero-order chi connectivity index (χ0) is 45.4. The third kappa shape index (κ3) is 27.7. The summed E-state index contributed by atoms with van der Waals surface area (Å²) < 4.78 is 8.99. The number of fused-ring (bicyclic) bond motifs is 1. The molecule has 2 fully saturated rings. The summed E-state index contributed by atoms with van der Waals surface area (Å²) in [6, 6.07) is 0. The minimum absolute atomic E-state index is 0. The van der Waals surface area contributed by atoms with E-state index in [1.165, 1.54) is 32.5 Å². The second kappa shape index (κ2) is 39.1. The number of nitrogens with zero attached hydrogens (tertiary/aromatic N) is 1. The number of nitrogens with one attached hydrogen (secondary N) is 1. The molecule has 0 spiro atoms. The van der Waals surface area contributed by atoms with Gasteiger partial charge in [0.1, 0.15) is 18.3 Å². The van der Waals surface area contributed by atoms with Crippen LogP contribution in [0.1, 0.15) is 115 Å². The van der Waals surface area contributed by atoms with Crippen molar-refractivity contribution in [1.29, 1.82) is 0 Å². The fourth-order valence-electron chi connectivity index (χ4n) is 4.32. The number of aliphatic hydroxyl groups excluding tert-OH is 7. The van der Waals surface area contributed by atoms with Gasteiger partial charge in [-0.05, 0) is 56.8 Å². The number of rotatable bonds is 19. The van der Waals surface area contributed by atoms with E-state index < -0.39 is 72.5 Å². The van der Waals surface area contributed by atoms with Gasteiger partial charge in [0, 0.05) is 26.0 Å². The first-order chi connectivity index (χ1) is 26.7. The predicted octanol–water partition coefficient (Wildman–Crippen LogP) is -3.23. The number of esters is 2. The number of ether oxygens (including phenoxy) is 2. The molecule has 12 atom stereocenters. The Bertz CT molecular complexity index is 946. The van der Waals surface area contributed by atoms with Crippen molar-refractivity contribution >= 4 is 23.6 Å². The Labute approximate surface area is 355 Å². The van der Waals surface area contributed by atoms with Crippen molar-refractivity contribution in [2.24, 2.45) is 29.4 Å². The molecule has 2 rings (SSSR count). The van der Waals surface area contributed by atoms with Crippen molar-refractivity contribution in [3.8, 4) is 0 Å². The molecule has 18 heteroatoms. The van der Waals surface area contributed by atoms with Gasteiger partial charge in [0.25, 0.3) is 5.91 Å². The van der Waals surface area contributed by atoms with E-state index in [4.69, 9.17) is 21.1 Å². The molecule has 17 nitrogen and oxygen atoms in total. The van der Waals surface area contributed by atoms with Gasteiger partial charge in [-0.1, -0.05) is 95.4 Å². The molecule has 0 aromatic heterocycles. The molecule has 13 N–H and O–H groups in total. The first kappa shape index (κ1) is 65.1. The molecule has 2 saturated heterocycles. The number of halogens is 1. The Morgan fingerprint density at radius 3 is 1.36 bits per heavy atom. The monoisotopic (exact) mass is 865 g/mol. The lowest BCUT2D eigenvalue weighted by molar-refractivity contribution is -0.378. The Kier molecular flexibility index (Phi) is 43.9. The second-order valence-corrected chi connectivity index (χ2v) is 14.5. The molecule has 0 aromatic rings. The summed E-state index contributed by atoms with van der Waals surface area (Å²) in [5.74, 6) is -1.14. The maximum atomic E-state index is 11.9. The molecule has 0 saturated carbocycles. The van der Waals surface area contributed by atoms with Gasteiger partial charge in [0.15, 0.2) is 36.3 Å². The number of hydrogen-bond donors (Lipinski definition) is 10. The fraction of sp³-hybridized carbons (Fsp3) is 0.900. The highest BCUT2D eigenvalue weighted by Gasteiger charge is 2.57. The van der Waals surface area contributed by atoms with Crippen molar-refractivity contribution < 1.29 is 82.5 Å². The number of nitrogens with two attached hydrogens (primary N) is 1. The Hall–Kier alpha value is -2.03. The van der Waals surface area contributed by atoms with Gasteiger partial charge in [-0.2, -0.15) is 0 Å². The lowest BCUT2D eigenvalue weighted by Crippen LogP contribution is -3.00. The molecular formula is C40H85ClN4O13. The first-order valence-electron chi connectivity index (χ1n) is 20.7. The third-order valence-electron chi connectivity index (χ3n) is 10.1. The van der Waals surface area contributed by atoms with Crippen LogP contribution in [0.25, 0.3) is 0 Å². The van der Waals surface area contributed by atoms with E-state index >= 15 is 0 Å². The number of amides is 1. The van der Waals surface area contributed by atoms with Gasteiger partial charge in [-0.15, -0.1) is 0 Å². The molecule has 350 valence electrons. The van der Waals surface area contributed by atoms with E-state index in [1.807, 2.05) is 27.7 Å². The summed E-state index contributed by atoms with van der Waals surface area (Å²) in [5.41, 5.74) is 9.04. The number of hydrogen-bond acceptors (Lipinski definition) is 15. The van der Waals surface area contributed by atoms with Gasteiger partial charge >= 0.3 is 11.9 Å². The quantitative estimate of drug-likeness (QED) is 0.0572. The number of aliphatic hydroxyl groups is 7. The van der Waals surface area contributed by atoms with Crippen molar-refractivity contribution in [1.82, 2.24) is 10.2 Å². The number of carbonyl (C=O) groups is 4. The van der Waals surface area contributed by atoms with Crippen LogP contribution in [0.2, 0.25) is 0 Å². The molecule has 2 aliphatic heterocycles. The minimum Gasteiger partial charge on any atom is -1.00 e. The molecule has 0 aromatic carbocycles. The summed E-state index contributed by atoms with van der Waals surface area (Å²) in [6.07, 6.45) is -7.78. The number of quaternary nitrogens is 1. The van der Waals surface area contributed by atoms with Crippen molar-refractivity contribution in [3.63, 3.8) is 0 Å². The van der Waals surface area contributed by atoms with Crippen molar-refractivity contribution in [2.45, 2.75) is 164 Å². The van der Waals surface area contributed by atoms with Gasteiger partial charge < -0.3 is 79.3 Å². The van der Waals surface area contributed by atoms with E-state index in [0.717, 1.165) is 39.0 Å². The maximum absolute atomic E-state index is 11.9. The lowest BCUT2D eigenvalue weighted by Gasteiger charge is -2.25. The molecule has 0 bridgehead atoms. The Morgan fingerprint density at radius 2 is 1.09 bits per heavy atom. The molecule has 58 heavy (non-hydrogen) atoms. The maximum Gasteiger partial charge on any atom is 0.339 e. The SMILES string of the molecule is CCC(C)CCC(=O)[C@@H](O)[C@@H](O)[C@H](O)[C@@H](O)C(=O)NCC(C)CC.CCC(C)CN.CCC(C)C[NH3+].CCN(CC)CC.CO.O=C1O[C@H]2[C@H](OC(=O)[C@@H]2O)[C@@H]1O.[Cl-]. The van der Waals surface area contributed by atoms with Gasteiger partial charge in [0.2, 0.25) is 0 Å². The van der Waals surface area contributed by atoms with E-state index in [2.05, 4.69) is 73.9 Å². The predicted molar refractivity (Wildman–Crippen MR) is 219 cm³/mol. The molecule has 4 unspecified atom stereocenters. The topological polar surface area (TPSA) is 297 Å². The molecule has 0 aliphatic carbocycles. The van der Waals surface area contributed by atoms with Crippen LogP contribution < -0.4 is 29.2 Å². The summed E-state index contributed by atoms with van der Waals surface area (Å²) >= 11 is 0. The highest BCUT2D eigenvalue weighted by atomic mass is 35.5. The van der Waals surface area contributed by atoms with Crippen LogP contribution >= 0.6 is 0 Å². The van der Waals surface area contributed by atoms with E-state index in [9.17, 15) is 39.6 Å². The van der Waals surface area contributed by atoms with Crippen LogP contribution in [0.15, 0.2) is 0 Å².